The Labute approximate surface area is 184 Å². The van der Waals surface area contributed by atoms with Crippen LogP contribution in [0.5, 0.6) is 0 Å². The molecule has 1 aliphatic heterocycles. The maximum absolute atomic E-state index is 13.5. The van der Waals surface area contributed by atoms with Gasteiger partial charge in [-0.15, -0.1) is 0 Å². The van der Waals surface area contributed by atoms with Gasteiger partial charge in [0.05, 0.1) is 30.2 Å². The van der Waals surface area contributed by atoms with E-state index in [0.29, 0.717) is 17.6 Å². The zero-order chi connectivity index (χ0) is 21.8. The molecule has 3 atom stereocenters. The summed E-state index contributed by atoms with van der Waals surface area (Å²) in [5.74, 6) is -0.436. The molecule has 0 spiro atoms. The van der Waals surface area contributed by atoms with Crippen LogP contribution in [-0.4, -0.2) is 46.2 Å². The van der Waals surface area contributed by atoms with E-state index in [2.05, 4.69) is 18.2 Å². The van der Waals surface area contributed by atoms with E-state index in [1.54, 1.807) is 6.92 Å². The fourth-order valence-corrected chi connectivity index (χ4v) is 5.22. The summed E-state index contributed by atoms with van der Waals surface area (Å²) < 4.78 is 11.1. The molecule has 1 aromatic rings. The Balaban J connectivity index is 1.72. The first-order chi connectivity index (χ1) is 14.9. The molecule has 7 heteroatoms. The van der Waals surface area contributed by atoms with E-state index >= 15 is 0 Å². The number of ether oxygens (including phenoxy) is 2. The summed E-state index contributed by atoms with van der Waals surface area (Å²) in [5.41, 5.74) is 1.01. The van der Waals surface area contributed by atoms with Crippen LogP contribution < -0.4 is 10.6 Å². The smallest absolute Gasteiger partial charge is 0.404 e. The van der Waals surface area contributed by atoms with Gasteiger partial charge in [0.25, 0.3) is 0 Å². The number of halogens is 1. The Kier molecular flexibility index (Phi) is 4.96. The first kappa shape index (κ1) is 20.4. The fraction of sp³-hybridized carbons (Fsp3) is 0.375. The summed E-state index contributed by atoms with van der Waals surface area (Å²) in [7, 11) is 0. The summed E-state index contributed by atoms with van der Waals surface area (Å²) in [6.07, 6.45) is 10.5. The molecular formula is C24H22ClNO5. The van der Waals surface area contributed by atoms with Crippen LogP contribution in [0.2, 0.25) is 0 Å². The second-order valence-corrected chi connectivity index (χ2v) is 8.54. The van der Waals surface area contributed by atoms with Crippen molar-refractivity contribution in [2.75, 3.05) is 13.2 Å². The van der Waals surface area contributed by atoms with Gasteiger partial charge in [-0.3, -0.25) is 4.79 Å². The van der Waals surface area contributed by atoms with Crippen molar-refractivity contribution in [3.8, 4) is 0 Å². The zero-order valence-corrected chi connectivity index (χ0v) is 17.8. The lowest BCUT2D eigenvalue weighted by Gasteiger charge is -2.38. The van der Waals surface area contributed by atoms with Gasteiger partial charge in [0, 0.05) is 22.7 Å². The number of carbonyl (C=O) groups is 2. The number of hydrogen-bond acceptors (Lipinski definition) is 6. The molecule has 0 radical (unpaired) electrons. The van der Waals surface area contributed by atoms with Crippen LogP contribution in [0.1, 0.15) is 31.0 Å². The molecule has 4 aliphatic rings. The fourth-order valence-electron chi connectivity index (χ4n) is 5.08. The predicted octanol–water partition coefficient (Wildman–Crippen LogP) is 1.95. The first-order valence-electron chi connectivity index (χ1n) is 10.5. The molecule has 0 fully saturated rings. The Morgan fingerprint density at radius 1 is 1.45 bits per heavy atom. The number of rotatable bonds is 2. The van der Waals surface area contributed by atoms with E-state index in [1.807, 2.05) is 18.2 Å². The second-order valence-electron chi connectivity index (χ2n) is 8.23. The summed E-state index contributed by atoms with van der Waals surface area (Å²) in [4.78, 5) is 30.2. The number of aliphatic hydroxyl groups excluding tert-OH is 1. The van der Waals surface area contributed by atoms with Gasteiger partial charge >= 0.3 is 5.43 Å². The van der Waals surface area contributed by atoms with E-state index < -0.39 is 17.1 Å². The third kappa shape index (κ3) is 3.13. The normalized spacial score (nSPS) is 28.7. The number of aromatic nitrogens is 1. The maximum atomic E-state index is 13.5. The van der Waals surface area contributed by atoms with Gasteiger partial charge in [0.2, 0.25) is 0 Å². The topological polar surface area (TPSA) is 85.7 Å². The third-order valence-corrected chi connectivity index (χ3v) is 6.72. The summed E-state index contributed by atoms with van der Waals surface area (Å²) >= 11 is 5.59. The molecule has 31 heavy (non-hydrogen) atoms. The van der Waals surface area contributed by atoms with Crippen molar-refractivity contribution in [1.29, 1.82) is 0 Å². The lowest BCUT2D eigenvalue weighted by molar-refractivity contribution is -0.118. The quantitative estimate of drug-likeness (QED) is 0.709. The second kappa shape index (κ2) is 7.55. The molecule has 1 N–H and O–H groups in total. The van der Waals surface area contributed by atoms with Crippen molar-refractivity contribution in [2.24, 2.45) is 5.92 Å². The van der Waals surface area contributed by atoms with Gasteiger partial charge in [-0.2, -0.15) is 0 Å². The minimum atomic E-state index is -1.45. The molecule has 0 aromatic carbocycles. The van der Waals surface area contributed by atoms with E-state index in [4.69, 9.17) is 26.1 Å². The number of Topliss-reactive ketones (excluding diaryl/α,β-unsaturated/α-hetero) is 1. The lowest BCUT2D eigenvalue weighted by atomic mass is 9.75. The Bertz CT molecular complexity index is 1210. The molecular weight excluding hydrogens is 418 g/mol. The standard InChI is InChI=1S/C24H22ClNO5/c1-2-24(31-23(25)29)18-10-15-16(22(28)17(18)11-30-12-20(24)27)9-14-8-13-6-4-3-5-7-19(13)26-21(14)15/h3,5-8,10,16,20,27H,2,4,9,11-12H2,1H3/t16?,20?,24-/m0/s1. The molecule has 3 aliphatic carbocycles. The Hall–Kier alpha value is -2.54. The molecule has 0 saturated heterocycles. The van der Waals surface area contributed by atoms with Gasteiger partial charge in [-0.05, 0) is 53.8 Å². The van der Waals surface area contributed by atoms with Crippen molar-refractivity contribution < 1.29 is 24.2 Å². The predicted molar refractivity (Wildman–Crippen MR) is 116 cm³/mol. The molecule has 0 amide bonds. The molecule has 2 heterocycles. The lowest BCUT2D eigenvalue weighted by Crippen LogP contribution is -2.49. The van der Waals surface area contributed by atoms with E-state index in [0.717, 1.165) is 33.8 Å². The highest BCUT2D eigenvalue weighted by molar-refractivity contribution is 6.61. The van der Waals surface area contributed by atoms with Crippen molar-refractivity contribution in [2.45, 2.75) is 37.9 Å². The summed E-state index contributed by atoms with van der Waals surface area (Å²) in [6.45, 7) is 1.78. The minimum absolute atomic E-state index is 0.0553. The largest absolute Gasteiger partial charge is 0.439 e. The van der Waals surface area contributed by atoms with Crippen LogP contribution in [0.4, 0.5) is 4.79 Å². The summed E-state index contributed by atoms with van der Waals surface area (Å²) in [5, 5.41) is 12.7. The van der Waals surface area contributed by atoms with Crippen LogP contribution in [0.3, 0.4) is 0 Å². The highest BCUT2D eigenvalue weighted by Gasteiger charge is 2.50. The molecule has 0 saturated carbocycles. The van der Waals surface area contributed by atoms with E-state index in [9.17, 15) is 14.7 Å². The van der Waals surface area contributed by atoms with Crippen molar-refractivity contribution in [1.82, 2.24) is 4.98 Å². The van der Waals surface area contributed by atoms with Crippen molar-refractivity contribution in [3.63, 3.8) is 0 Å². The SMILES string of the molecule is CC[C@]1(OC(=O)Cl)C2=C(COCC1O)C(=O)C1Cc3cc4c(nc3C1=C2)=CC=CCC=4. The molecule has 5 rings (SSSR count). The molecule has 160 valence electrons. The molecule has 0 bridgehead atoms. The van der Waals surface area contributed by atoms with Gasteiger partial charge in [-0.25, -0.2) is 9.78 Å². The molecule has 6 nitrogen and oxygen atoms in total. The zero-order valence-electron chi connectivity index (χ0n) is 17.1. The number of ketones is 1. The number of carbonyl (C=O) groups excluding carboxylic acids is 2. The van der Waals surface area contributed by atoms with Gasteiger partial charge in [-0.1, -0.05) is 25.2 Å². The minimum Gasteiger partial charge on any atom is -0.439 e. The molecule has 1 aromatic heterocycles. The van der Waals surface area contributed by atoms with Crippen LogP contribution in [0.25, 0.3) is 17.7 Å². The highest BCUT2D eigenvalue weighted by atomic mass is 35.5. The number of nitrogens with zero attached hydrogens (tertiary/aromatic N) is 1. The maximum Gasteiger partial charge on any atom is 0.404 e. The first-order valence-corrected chi connectivity index (χ1v) is 10.8. The number of allylic oxidation sites excluding steroid dienone is 3. The monoisotopic (exact) mass is 439 g/mol. The highest BCUT2D eigenvalue weighted by Crippen LogP contribution is 2.46. The Morgan fingerprint density at radius 3 is 3.06 bits per heavy atom. The van der Waals surface area contributed by atoms with Crippen LogP contribution in [0.15, 0.2) is 35.4 Å². The van der Waals surface area contributed by atoms with E-state index in [-0.39, 0.29) is 31.3 Å². The van der Waals surface area contributed by atoms with Crippen molar-refractivity contribution in [3.05, 3.63) is 57.3 Å². The number of pyridine rings is 1. The third-order valence-electron chi connectivity index (χ3n) is 6.64. The molecule has 2 unspecified atom stereocenters. The van der Waals surface area contributed by atoms with E-state index in [1.165, 1.54) is 0 Å². The number of aliphatic hydroxyl groups is 1. The van der Waals surface area contributed by atoms with Crippen molar-refractivity contribution >= 4 is 40.5 Å². The summed E-state index contributed by atoms with van der Waals surface area (Å²) in [6, 6.07) is 2.11. The number of hydrogen-bond donors (Lipinski definition) is 1. The van der Waals surface area contributed by atoms with Crippen LogP contribution in [0, 0.1) is 5.92 Å². The number of fused-ring (bicyclic) bond motifs is 4. The van der Waals surface area contributed by atoms with Gasteiger partial charge in [0.1, 0.15) is 6.10 Å². The Morgan fingerprint density at radius 2 is 2.29 bits per heavy atom. The van der Waals surface area contributed by atoms with Gasteiger partial charge < -0.3 is 14.6 Å². The van der Waals surface area contributed by atoms with Gasteiger partial charge in [0.15, 0.2) is 11.4 Å². The van der Waals surface area contributed by atoms with Crippen LogP contribution >= 0.6 is 11.6 Å². The average molecular weight is 440 g/mol. The average Bonchev–Trinajstić information content (AvgIpc) is 2.86. The van der Waals surface area contributed by atoms with Crippen LogP contribution in [-0.2, 0) is 20.7 Å².